The predicted molar refractivity (Wildman–Crippen MR) is 73.5 cm³/mol. The van der Waals surface area contributed by atoms with Crippen LogP contribution < -0.4 is 5.32 Å². The van der Waals surface area contributed by atoms with Gasteiger partial charge in [0.05, 0.1) is 5.02 Å². The highest BCUT2D eigenvalue weighted by Gasteiger charge is 2.10. The van der Waals surface area contributed by atoms with Crippen LogP contribution in [0.3, 0.4) is 0 Å². The molecule has 0 aliphatic rings. The highest BCUT2D eigenvalue weighted by molar-refractivity contribution is 6.33. The van der Waals surface area contributed by atoms with E-state index in [4.69, 9.17) is 11.6 Å². The van der Waals surface area contributed by atoms with Crippen molar-refractivity contribution in [2.24, 2.45) is 0 Å². The largest absolute Gasteiger partial charge is 0.316 e. The van der Waals surface area contributed by atoms with Crippen LogP contribution in [0.15, 0.2) is 24.5 Å². The lowest BCUT2D eigenvalue weighted by Crippen LogP contribution is -2.05. The van der Waals surface area contributed by atoms with E-state index in [0.29, 0.717) is 5.02 Å². The third kappa shape index (κ3) is 2.71. The molecular weight excluding hydrogens is 248 g/mol. The van der Waals surface area contributed by atoms with Crippen molar-refractivity contribution >= 4 is 11.6 Å². The molecule has 0 saturated heterocycles. The molecule has 18 heavy (non-hydrogen) atoms. The van der Waals surface area contributed by atoms with Crippen LogP contribution >= 0.6 is 11.6 Å². The van der Waals surface area contributed by atoms with E-state index in [0.717, 1.165) is 36.5 Å². The molecule has 0 bridgehead atoms. The van der Waals surface area contributed by atoms with E-state index >= 15 is 0 Å². The molecule has 0 amide bonds. The third-order valence-corrected chi connectivity index (χ3v) is 3.02. The predicted octanol–water partition coefficient (Wildman–Crippen LogP) is 2.73. The Morgan fingerprint density at radius 2 is 2.22 bits per heavy atom. The SMILES string of the molecule is CCCn1ncnc1-c1ccc(CNC)cc1Cl. The van der Waals surface area contributed by atoms with Gasteiger partial charge < -0.3 is 5.32 Å². The summed E-state index contributed by atoms with van der Waals surface area (Å²) in [6.45, 7) is 3.77. The number of aromatic nitrogens is 3. The number of aryl methyl sites for hydroxylation is 1. The fourth-order valence-electron chi connectivity index (χ4n) is 1.90. The van der Waals surface area contributed by atoms with E-state index < -0.39 is 0 Å². The summed E-state index contributed by atoms with van der Waals surface area (Å²) in [6, 6.07) is 6.03. The van der Waals surface area contributed by atoms with E-state index in [1.165, 1.54) is 0 Å². The first-order valence-corrected chi connectivity index (χ1v) is 6.45. The second kappa shape index (κ2) is 5.98. The maximum Gasteiger partial charge on any atom is 0.159 e. The summed E-state index contributed by atoms with van der Waals surface area (Å²) >= 11 is 6.32. The lowest BCUT2D eigenvalue weighted by molar-refractivity contribution is 0.608. The van der Waals surface area contributed by atoms with Crippen molar-refractivity contribution in [3.05, 3.63) is 35.1 Å². The number of hydrogen-bond donors (Lipinski definition) is 1. The molecule has 2 aromatic rings. The molecule has 0 atom stereocenters. The van der Waals surface area contributed by atoms with Crippen molar-refractivity contribution in [1.82, 2.24) is 20.1 Å². The first kappa shape index (κ1) is 13.1. The highest BCUT2D eigenvalue weighted by atomic mass is 35.5. The van der Waals surface area contributed by atoms with Gasteiger partial charge in [0.2, 0.25) is 0 Å². The molecule has 0 saturated carbocycles. The van der Waals surface area contributed by atoms with Crippen LogP contribution in [0.2, 0.25) is 5.02 Å². The van der Waals surface area contributed by atoms with E-state index in [1.807, 2.05) is 23.9 Å². The summed E-state index contributed by atoms with van der Waals surface area (Å²) < 4.78 is 1.89. The van der Waals surface area contributed by atoms with Gasteiger partial charge in [-0.05, 0) is 31.2 Å². The smallest absolute Gasteiger partial charge is 0.159 e. The summed E-state index contributed by atoms with van der Waals surface area (Å²) in [5.74, 6) is 0.831. The van der Waals surface area contributed by atoms with Crippen molar-refractivity contribution in [3.63, 3.8) is 0 Å². The van der Waals surface area contributed by atoms with Crippen molar-refractivity contribution in [3.8, 4) is 11.4 Å². The third-order valence-electron chi connectivity index (χ3n) is 2.71. The van der Waals surface area contributed by atoms with Gasteiger partial charge in [-0.2, -0.15) is 5.10 Å². The molecule has 0 radical (unpaired) electrons. The number of halogens is 1. The Morgan fingerprint density at radius 3 is 2.89 bits per heavy atom. The fourth-order valence-corrected chi connectivity index (χ4v) is 2.19. The van der Waals surface area contributed by atoms with Gasteiger partial charge in [0.1, 0.15) is 6.33 Å². The van der Waals surface area contributed by atoms with E-state index in [9.17, 15) is 0 Å². The molecule has 1 N–H and O–H groups in total. The fraction of sp³-hybridized carbons (Fsp3) is 0.385. The van der Waals surface area contributed by atoms with Gasteiger partial charge in [-0.1, -0.05) is 24.6 Å². The molecule has 0 unspecified atom stereocenters. The molecule has 1 aromatic carbocycles. The second-order valence-electron chi connectivity index (χ2n) is 4.15. The maximum absolute atomic E-state index is 6.32. The molecule has 1 aromatic heterocycles. The van der Waals surface area contributed by atoms with Gasteiger partial charge in [0.25, 0.3) is 0 Å². The summed E-state index contributed by atoms with van der Waals surface area (Å²) in [5.41, 5.74) is 2.09. The summed E-state index contributed by atoms with van der Waals surface area (Å²) in [7, 11) is 1.92. The Hall–Kier alpha value is -1.39. The molecule has 2 rings (SSSR count). The average Bonchev–Trinajstić information content (AvgIpc) is 2.78. The van der Waals surface area contributed by atoms with Crippen LogP contribution in [-0.2, 0) is 13.1 Å². The number of nitrogens with zero attached hydrogens (tertiary/aromatic N) is 3. The van der Waals surface area contributed by atoms with Gasteiger partial charge in [0, 0.05) is 18.7 Å². The zero-order chi connectivity index (χ0) is 13.0. The Kier molecular flexibility index (Phi) is 4.33. The number of rotatable bonds is 5. The van der Waals surface area contributed by atoms with Crippen LogP contribution in [0.5, 0.6) is 0 Å². The van der Waals surface area contributed by atoms with Gasteiger partial charge in [-0.25, -0.2) is 9.67 Å². The van der Waals surface area contributed by atoms with Crippen molar-refractivity contribution in [1.29, 1.82) is 0 Å². The summed E-state index contributed by atoms with van der Waals surface area (Å²) in [6.07, 6.45) is 2.59. The van der Waals surface area contributed by atoms with E-state index in [-0.39, 0.29) is 0 Å². The zero-order valence-corrected chi connectivity index (χ0v) is 11.4. The normalized spacial score (nSPS) is 10.8. The molecular formula is C13H17ClN4. The van der Waals surface area contributed by atoms with E-state index in [2.05, 4.69) is 28.4 Å². The number of nitrogens with one attached hydrogen (secondary N) is 1. The standard InChI is InChI=1S/C13H17ClN4/c1-3-6-18-13(16-9-17-18)11-5-4-10(8-15-2)7-12(11)14/h4-5,7,9,15H,3,6,8H2,1-2H3. The summed E-state index contributed by atoms with van der Waals surface area (Å²) in [4.78, 5) is 4.29. The Morgan fingerprint density at radius 1 is 1.39 bits per heavy atom. The molecule has 0 aliphatic carbocycles. The van der Waals surface area contributed by atoms with Gasteiger partial charge >= 0.3 is 0 Å². The Labute approximate surface area is 112 Å². The maximum atomic E-state index is 6.32. The van der Waals surface area contributed by atoms with Crippen LogP contribution in [0.1, 0.15) is 18.9 Å². The molecule has 96 valence electrons. The summed E-state index contributed by atoms with van der Waals surface area (Å²) in [5, 5.41) is 8.04. The Balaban J connectivity index is 2.35. The van der Waals surface area contributed by atoms with Gasteiger partial charge in [-0.15, -0.1) is 0 Å². The van der Waals surface area contributed by atoms with Crippen molar-refractivity contribution in [2.75, 3.05) is 7.05 Å². The van der Waals surface area contributed by atoms with Crippen molar-refractivity contribution in [2.45, 2.75) is 26.4 Å². The molecule has 5 heteroatoms. The van der Waals surface area contributed by atoms with Crippen LogP contribution in [0, 0.1) is 0 Å². The topological polar surface area (TPSA) is 42.7 Å². The van der Waals surface area contributed by atoms with Crippen LogP contribution in [0.25, 0.3) is 11.4 Å². The van der Waals surface area contributed by atoms with Crippen LogP contribution in [0.4, 0.5) is 0 Å². The highest BCUT2D eigenvalue weighted by Crippen LogP contribution is 2.27. The van der Waals surface area contributed by atoms with Gasteiger partial charge in [-0.3, -0.25) is 0 Å². The average molecular weight is 265 g/mol. The quantitative estimate of drug-likeness (QED) is 0.903. The Bertz CT molecular complexity index is 521. The molecule has 0 aliphatic heterocycles. The minimum absolute atomic E-state index is 0.716. The first-order valence-electron chi connectivity index (χ1n) is 6.07. The molecule has 0 fully saturated rings. The minimum Gasteiger partial charge on any atom is -0.316 e. The second-order valence-corrected chi connectivity index (χ2v) is 4.56. The van der Waals surface area contributed by atoms with Crippen LogP contribution in [-0.4, -0.2) is 21.8 Å². The first-order chi connectivity index (χ1) is 8.76. The molecule has 1 heterocycles. The lowest BCUT2D eigenvalue weighted by atomic mass is 10.1. The van der Waals surface area contributed by atoms with E-state index in [1.54, 1.807) is 6.33 Å². The minimum atomic E-state index is 0.716. The number of hydrogen-bond acceptors (Lipinski definition) is 3. The molecule has 0 spiro atoms. The monoisotopic (exact) mass is 264 g/mol. The molecule has 4 nitrogen and oxygen atoms in total. The number of benzene rings is 1. The van der Waals surface area contributed by atoms with Crippen molar-refractivity contribution < 1.29 is 0 Å². The van der Waals surface area contributed by atoms with Gasteiger partial charge in [0.15, 0.2) is 5.82 Å². The zero-order valence-electron chi connectivity index (χ0n) is 10.7. The lowest BCUT2D eigenvalue weighted by Gasteiger charge is -2.08.